The lowest BCUT2D eigenvalue weighted by molar-refractivity contribution is -0.151. The second kappa shape index (κ2) is 15.5. The number of furan rings is 1. The summed E-state index contributed by atoms with van der Waals surface area (Å²) in [5.41, 5.74) is 3.54. The van der Waals surface area contributed by atoms with E-state index >= 15 is 0 Å². The van der Waals surface area contributed by atoms with Crippen LogP contribution in [0.2, 0.25) is 0 Å². The lowest BCUT2D eigenvalue weighted by atomic mass is 10.1. The van der Waals surface area contributed by atoms with Crippen LogP contribution in [-0.4, -0.2) is 70.8 Å². The molecule has 2 aromatic carbocycles. The zero-order valence-electron chi connectivity index (χ0n) is 28.2. The average molecular weight is 669 g/mol. The fourth-order valence-electron chi connectivity index (χ4n) is 6.73. The minimum atomic E-state index is -0.914. The highest BCUT2D eigenvalue weighted by atomic mass is 16.6. The molecule has 1 aliphatic carbocycles. The van der Waals surface area contributed by atoms with Crippen LogP contribution in [-0.2, 0) is 19.1 Å². The van der Waals surface area contributed by atoms with Crippen molar-refractivity contribution in [2.24, 2.45) is 0 Å². The first kappa shape index (κ1) is 34.0. The van der Waals surface area contributed by atoms with E-state index in [4.69, 9.17) is 28.6 Å². The van der Waals surface area contributed by atoms with Crippen LogP contribution in [0.1, 0.15) is 69.8 Å². The van der Waals surface area contributed by atoms with Gasteiger partial charge in [0.25, 0.3) is 5.88 Å². The van der Waals surface area contributed by atoms with Crippen LogP contribution in [0.3, 0.4) is 0 Å². The van der Waals surface area contributed by atoms with Crippen LogP contribution < -0.4 is 10.1 Å². The lowest BCUT2D eigenvalue weighted by Crippen LogP contribution is -2.52. The highest BCUT2D eigenvalue weighted by Crippen LogP contribution is 2.36. The molecule has 2 fully saturated rings. The average Bonchev–Trinajstić information content (AvgIpc) is 3.87. The quantitative estimate of drug-likeness (QED) is 0.0904. The van der Waals surface area contributed by atoms with Gasteiger partial charge in [0, 0.05) is 17.4 Å². The monoisotopic (exact) mass is 668 g/mol. The van der Waals surface area contributed by atoms with Crippen LogP contribution in [0.25, 0.3) is 33.5 Å². The van der Waals surface area contributed by atoms with E-state index in [9.17, 15) is 14.4 Å². The molecule has 2 aromatic heterocycles. The maximum atomic E-state index is 14.2. The number of ether oxygens (including phenoxy) is 3. The lowest BCUT2D eigenvalue weighted by Gasteiger charge is -2.28. The topological polar surface area (TPSA) is 133 Å². The number of esters is 1. The first-order chi connectivity index (χ1) is 23.8. The van der Waals surface area contributed by atoms with E-state index in [-0.39, 0.29) is 30.9 Å². The Kier molecular flexibility index (Phi) is 10.8. The Hall–Kier alpha value is -4.93. The summed E-state index contributed by atoms with van der Waals surface area (Å²) >= 11 is 0. The molecule has 0 spiro atoms. The van der Waals surface area contributed by atoms with Crippen LogP contribution in [0.15, 0.2) is 65.6 Å². The predicted octanol–water partition coefficient (Wildman–Crippen LogP) is 7.05. The van der Waals surface area contributed by atoms with E-state index < -0.39 is 30.3 Å². The highest BCUT2D eigenvalue weighted by molar-refractivity contribution is 6.04. The zero-order chi connectivity index (χ0) is 34.3. The molecular formula is C38H44N4O7. The Bertz CT molecular complexity index is 1800. The molecule has 11 nitrogen and oxygen atoms in total. The van der Waals surface area contributed by atoms with E-state index in [0.717, 1.165) is 61.5 Å². The number of allylic oxidation sites excluding steroid dienone is 1. The van der Waals surface area contributed by atoms with Gasteiger partial charge in [-0.15, -0.1) is 6.58 Å². The number of nitrogens with zero attached hydrogens (tertiary/aromatic N) is 3. The summed E-state index contributed by atoms with van der Waals surface area (Å²) in [7, 11) is 1.30. The summed E-state index contributed by atoms with van der Waals surface area (Å²) in [4.78, 5) is 51.3. The molecule has 1 saturated heterocycles. The van der Waals surface area contributed by atoms with Gasteiger partial charge in [0.05, 0.1) is 13.7 Å². The molecule has 4 aromatic rings. The fourth-order valence-corrected chi connectivity index (χ4v) is 6.73. The smallest absolute Gasteiger partial charge is 0.408 e. The molecule has 258 valence electrons. The summed E-state index contributed by atoms with van der Waals surface area (Å²) in [5, 5.41) is 3.64. The molecule has 11 heteroatoms. The molecule has 3 heterocycles. The first-order valence-electron chi connectivity index (χ1n) is 17.2. The number of unbranched alkanes of at least 4 members (excludes halogenated alkanes) is 3. The number of aromatic nitrogens is 2. The van der Waals surface area contributed by atoms with Gasteiger partial charge in [0.1, 0.15) is 35.4 Å². The number of carbonyl (C=O) groups excluding carboxylic acids is 3. The van der Waals surface area contributed by atoms with Crippen molar-refractivity contribution < 1.29 is 33.0 Å². The largest absolute Gasteiger partial charge is 0.470 e. The number of nitrogens with one attached hydrogen (secondary N) is 1. The van der Waals surface area contributed by atoms with Gasteiger partial charge in [-0.1, -0.05) is 60.9 Å². The number of carbonyl (C=O) groups is 3. The number of hydrogen-bond donors (Lipinski definition) is 1. The highest BCUT2D eigenvalue weighted by Gasteiger charge is 2.44. The minimum absolute atomic E-state index is 0.0799. The van der Waals surface area contributed by atoms with Gasteiger partial charge in [-0.25, -0.2) is 14.6 Å². The molecular weight excluding hydrogens is 624 g/mol. The molecule has 2 aliphatic rings. The number of methoxy groups -OCH3 is 1. The van der Waals surface area contributed by atoms with Crippen molar-refractivity contribution in [3.05, 3.63) is 66.7 Å². The third-order valence-corrected chi connectivity index (χ3v) is 9.36. The Labute approximate surface area is 286 Å². The number of para-hydroxylation sites is 1. The van der Waals surface area contributed by atoms with Gasteiger partial charge in [-0.2, -0.15) is 4.98 Å². The van der Waals surface area contributed by atoms with Crippen LogP contribution in [0, 0.1) is 6.92 Å². The van der Waals surface area contributed by atoms with Crippen LogP contribution in [0.5, 0.6) is 5.88 Å². The number of benzene rings is 2. The Morgan fingerprint density at radius 2 is 1.82 bits per heavy atom. The SMILES string of the molecule is C=CCCCCC[C@H](NC(=O)OC1CCCC1)C(=O)N1C[C@H](Oc2nc(-c3ccc(C)cc3)nc3c2oc2ccccc23)C[C@H]1C(=O)OC. The van der Waals surface area contributed by atoms with Crippen molar-refractivity contribution in [2.75, 3.05) is 13.7 Å². The number of amides is 2. The summed E-state index contributed by atoms with van der Waals surface area (Å²) in [6.45, 7) is 5.87. The third-order valence-electron chi connectivity index (χ3n) is 9.36. The maximum absolute atomic E-state index is 14.2. The van der Waals surface area contributed by atoms with Gasteiger partial charge in [-0.3, -0.25) is 4.79 Å². The number of rotatable bonds is 13. The molecule has 1 N–H and O–H groups in total. The number of alkyl carbamates (subject to hydrolysis) is 1. The van der Waals surface area contributed by atoms with E-state index in [1.54, 1.807) is 0 Å². The van der Waals surface area contributed by atoms with Crippen molar-refractivity contribution in [2.45, 2.75) is 95.4 Å². The predicted molar refractivity (Wildman–Crippen MR) is 185 cm³/mol. The molecule has 3 atom stereocenters. The Balaban J connectivity index is 1.27. The number of fused-ring (bicyclic) bond motifs is 3. The maximum Gasteiger partial charge on any atom is 0.408 e. The normalized spacial score (nSPS) is 18.4. The summed E-state index contributed by atoms with van der Waals surface area (Å²) in [6.07, 6.45) is 8.08. The zero-order valence-corrected chi connectivity index (χ0v) is 28.2. The van der Waals surface area contributed by atoms with E-state index in [1.165, 1.54) is 12.0 Å². The Morgan fingerprint density at radius 1 is 1.04 bits per heavy atom. The number of hydrogen-bond acceptors (Lipinski definition) is 9. The summed E-state index contributed by atoms with van der Waals surface area (Å²) < 4.78 is 23.5. The molecule has 49 heavy (non-hydrogen) atoms. The van der Waals surface area contributed by atoms with E-state index in [0.29, 0.717) is 35.3 Å². The third kappa shape index (κ3) is 7.87. The van der Waals surface area contributed by atoms with Crippen LogP contribution >= 0.6 is 0 Å². The van der Waals surface area contributed by atoms with Crippen molar-refractivity contribution in [1.82, 2.24) is 20.2 Å². The van der Waals surface area contributed by atoms with Crippen LogP contribution in [0.4, 0.5) is 4.79 Å². The van der Waals surface area contributed by atoms with Gasteiger partial charge in [0.2, 0.25) is 11.5 Å². The molecule has 2 amide bonds. The van der Waals surface area contributed by atoms with E-state index in [1.807, 2.05) is 61.5 Å². The number of aryl methyl sites for hydroxylation is 1. The summed E-state index contributed by atoms with van der Waals surface area (Å²) in [6, 6.07) is 13.7. The summed E-state index contributed by atoms with van der Waals surface area (Å²) in [5.74, 6) is -0.261. The molecule has 0 bridgehead atoms. The Morgan fingerprint density at radius 3 is 2.57 bits per heavy atom. The molecule has 0 unspecified atom stereocenters. The van der Waals surface area contributed by atoms with E-state index in [2.05, 4.69) is 11.9 Å². The van der Waals surface area contributed by atoms with Gasteiger partial charge in [0.15, 0.2) is 5.82 Å². The minimum Gasteiger partial charge on any atom is -0.470 e. The first-order valence-corrected chi connectivity index (χ1v) is 17.2. The fraction of sp³-hybridized carbons (Fsp3) is 0.447. The molecule has 1 saturated carbocycles. The van der Waals surface area contributed by atoms with Gasteiger partial charge < -0.3 is 28.8 Å². The van der Waals surface area contributed by atoms with Crippen molar-refractivity contribution in [3.8, 4) is 17.3 Å². The van der Waals surface area contributed by atoms with Crippen molar-refractivity contribution in [3.63, 3.8) is 0 Å². The van der Waals surface area contributed by atoms with Crippen molar-refractivity contribution in [1.29, 1.82) is 0 Å². The van der Waals surface area contributed by atoms with Gasteiger partial charge in [-0.05, 0) is 64.0 Å². The second-order valence-electron chi connectivity index (χ2n) is 12.9. The van der Waals surface area contributed by atoms with Crippen molar-refractivity contribution >= 4 is 40.0 Å². The molecule has 6 rings (SSSR count). The van der Waals surface area contributed by atoms with Gasteiger partial charge >= 0.3 is 12.1 Å². The standard InChI is InChI=1S/C38H44N4O7/c1-4-5-6-7-8-16-29(39-38(45)48-26-13-9-10-14-26)36(43)42-23-27(22-30(42)37(44)46-3)47-35-33-32(28-15-11-12-17-31(28)49-33)40-34(41-35)25-20-18-24(2)19-21-25/h4,11-12,15,17-21,26-27,29-30H,1,5-10,13-14,16,22-23H2,2-3H3,(H,39,45)/t27-,29+,30+/m1/s1. The number of likely N-dealkylation sites (tertiary alicyclic amines) is 1. The second-order valence-corrected chi connectivity index (χ2v) is 12.9. The molecule has 0 radical (unpaired) electrons. The molecule has 1 aliphatic heterocycles.